The highest BCUT2D eigenvalue weighted by Gasteiger charge is 2.65. The molecule has 5 atom stereocenters. The zero-order chi connectivity index (χ0) is 15.4. The summed E-state index contributed by atoms with van der Waals surface area (Å²) in [5.74, 6) is 0.975. The van der Waals surface area contributed by atoms with Crippen LogP contribution in [0.5, 0.6) is 0 Å². The maximum absolute atomic E-state index is 12.8. The number of Topliss-reactive ketones (excluding diaryl/α,β-unsaturated/α-hetero) is 1. The van der Waals surface area contributed by atoms with Crippen LogP contribution < -0.4 is 0 Å². The molecule has 2 bridgehead atoms. The molecule has 3 aliphatic carbocycles. The molecule has 4 aliphatic rings. The number of ether oxygens (including phenoxy) is 2. The largest absolute Gasteiger partial charge is 0.346 e. The number of ketones is 1. The second-order valence-corrected chi connectivity index (χ2v) is 8.28. The standard InChI is InChI=1S/C19H20O3S/c20-15-11-16(23-14-4-2-1-3-5-14)19(21-8-9-22-19)18-13-7-6-12(10-13)17(15)18/h1-7,12-13,16-18H,8-11H2/t12-,13+,16+,17+,18+/m1/s1. The van der Waals surface area contributed by atoms with Gasteiger partial charge < -0.3 is 9.47 Å². The third-order valence-electron chi connectivity index (χ3n) is 5.89. The zero-order valence-corrected chi connectivity index (χ0v) is 13.7. The van der Waals surface area contributed by atoms with Crippen LogP contribution >= 0.6 is 11.8 Å². The van der Waals surface area contributed by atoms with Gasteiger partial charge in [0.05, 0.1) is 18.5 Å². The highest BCUT2D eigenvalue weighted by atomic mass is 32.2. The lowest BCUT2D eigenvalue weighted by atomic mass is 9.68. The van der Waals surface area contributed by atoms with Crippen molar-refractivity contribution in [1.82, 2.24) is 0 Å². The fourth-order valence-electron chi connectivity index (χ4n) is 5.10. The van der Waals surface area contributed by atoms with Gasteiger partial charge in [-0.15, -0.1) is 11.8 Å². The van der Waals surface area contributed by atoms with Crippen LogP contribution in [0.15, 0.2) is 47.4 Å². The molecule has 0 radical (unpaired) electrons. The summed E-state index contributed by atoms with van der Waals surface area (Å²) in [5.41, 5.74) is 0. The van der Waals surface area contributed by atoms with Gasteiger partial charge in [0.15, 0.2) is 5.79 Å². The van der Waals surface area contributed by atoms with Crippen molar-refractivity contribution >= 4 is 17.5 Å². The van der Waals surface area contributed by atoms with Crippen LogP contribution in [0.1, 0.15) is 12.8 Å². The molecule has 1 saturated heterocycles. The second kappa shape index (κ2) is 5.20. The van der Waals surface area contributed by atoms with E-state index in [1.54, 1.807) is 11.8 Å². The Morgan fingerprint density at radius 3 is 2.57 bits per heavy atom. The van der Waals surface area contributed by atoms with E-state index in [-0.39, 0.29) is 17.1 Å². The third-order valence-corrected chi connectivity index (χ3v) is 7.22. The Morgan fingerprint density at radius 2 is 1.78 bits per heavy atom. The first kappa shape index (κ1) is 14.3. The van der Waals surface area contributed by atoms with Crippen LogP contribution in [0, 0.1) is 23.7 Å². The molecular weight excluding hydrogens is 308 g/mol. The first-order chi connectivity index (χ1) is 11.3. The van der Waals surface area contributed by atoms with Gasteiger partial charge in [0.1, 0.15) is 5.78 Å². The lowest BCUT2D eigenvalue weighted by Gasteiger charge is -2.48. The number of carbonyl (C=O) groups is 1. The predicted molar refractivity (Wildman–Crippen MR) is 88.1 cm³/mol. The van der Waals surface area contributed by atoms with Crippen LogP contribution in [0.4, 0.5) is 0 Å². The quantitative estimate of drug-likeness (QED) is 0.781. The Kier molecular flexibility index (Phi) is 3.22. The van der Waals surface area contributed by atoms with Crippen molar-refractivity contribution in [2.45, 2.75) is 28.8 Å². The SMILES string of the molecule is O=C1C[C@H](Sc2ccccc2)C2(OCCO2)[C@@H]2[C@H]1[C@@H]1C=C[C@H]2C1. The maximum Gasteiger partial charge on any atom is 0.185 e. The molecule has 1 aromatic carbocycles. The number of benzene rings is 1. The van der Waals surface area contributed by atoms with Crippen molar-refractivity contribution in [2.24, 2.45) is 23.7 Å². The number of hydrogen-bond acceptors (Lipinski definition) is 4. The minimum atomic E-state index is -0.580. The van der Waals surface area contributed by atoms with Crippen LogP contribution in [-0.4, -0.2) is 30.0 Å². The first-order valence-electron chi connectivity index (χ1n) is 8.48. The van der Waals surface area contributed by atoms with Crippen molar-refractivity contribution in [3.63, 3.8) is 0 Å². The monoisotopic (exact) mass is 328 g/mol. The Labute approximate surface area is 140 Å². The van der Waals surface area contributed by atoms with Gasteiger partial charge in [0.2, 0.25) is 0 Å². The van der Waals surface area contributed by atoms with Gasteiger partial charge in [-0.25, -0.2) is 0 Å². The maximum atomic E-state index is 12.8. The van der Waals surface area contributed by atoms with Crippen LogP contribution in [0.3, 0.4) is 0 Å². The highest BCUT2D eigenvalue weighted by Crippen LogP contribution is 2.60. The molecule has 1 aromatic rings. The summed E-state index contributed by atoms with van der Waals surface area (Å²) < 4.78 is 12.5. The molecule has 120 valence electrons. The molecule has 3 nitrogen and oxygen atoms in total. The number of hydrogen-bond donors (Lipinski definition) is 0. The molecule has 2 saturated carbocycles. The van der Waals surface area contributed by atoms with Crippen LogP contribution in [0.25, 0.3) is 0 Å². The van der Waals surface area contributed by atoms with Crippen LogP contribution in [-0.2, 0) is 14.3 Å². The van der Waals surface area contributed by atoms with Gasteiger partial charge in [0.25, 0.3) is 0 Å². The number of allylic oxidation sites excluding steroid dienone is 2. The number of rotatable bonds is 2. The van der Waals surface area contributed by atoms with E-state index in [2.05, 4.69) is 24.3 Å². The fraction of sp³-hybridized carbons (Fsp3) is 0.526. The highest BCUT2D eigenvalue weighted by molar-refractivity contribution is 8.00. The summed E-state index contributed by atoms with van der Waals surface area (Å²) in [5, 5.41) is 0.0499. The smallest absolute Gasteiger partial charge is 0.185 e. The van der Waals surface area contributed by atoms with Crippen molar-refractivity contribution in [3.8, 4) is 0 Å². The van der Waals surface area contributed by atoms with Gasteiger partial charge >= 0.3 is 0 Å². The summed E-state index contributed by atoms with van der Waals surface area (Å²) in [6, 6.07) is 10.3. The molecule has 0 aromatic heterocycles. The molecule has 0 unspecified atom stereocenters. The van der Waals surface area contributed by atoms with E-state index in [0.717, 1.165) is 6.42 Å². The minimum Gasteiger partial charge on any atom is -0.346 e. The summed E-state index contributed by atoms with van der Waals surface area (Å²) >= 11 is 1.75. The molecule has 23 heavy (non-hydrogen) atoms. The van der Waals surface area contributed by atoms with Gasteiger partial charge in [-0.3, -0.25) is 4.79 Å². The van der Waals surface area contributed by atoms with E-state index in [1.807, 2.05) is 18.2 Å². The Hall–Kier alpha value is -1.10. The Balaban J connectivity index is 1.53. The van der Waals surface area contributed by atoms with Crippen molar-refractivity contribution < 1.29 is 14.3 Å². The lowest BCUT2D eigenvalue weighted by Crippen LogP contribution is -2.58. The third kappa shape index (κ3) is 2.01. The van der Waals surface area contributed by atoms with Gasteiger partial charge in [0, 0.05) is 23.2 Å². The molecule has 0 amide bonds. The summed E-state index contributed by atoms with van der Waals surface area (Å²) in [4.78, 5) is 14.0. The van der Waals surface area contributed by atoms with Crippen LogP contribution in [0.2, 0.25) is 0 Å². The van der Waals surface area contributed by atoms with Gasteiger partial charge in [-0.1, -0.05) is 30.4 Å². The summed E-state index contributed by atoms with van der Waals surface area (Å²) in [6.45, 7) is 1.29. The summed E-state index contributed by atoms with van der Waals surface area (Å²) in [6.07, 6.45) is 6.19. The molecule has 1 aliphatic heterocycles. The molecule has 3 fully saturated rings. The van der Waals surface area contributed by atoms with E-state index in [1.165, 1.54) is 4.90 Å². The normalized spacial score (nSPS) is 40.0. The van der Waals surface area contributed by atoms with E-state index < -0.39 is 5.79 Å². The molecule has 0 N–H and O–H groups in total. The van der Waals surface area contributed by atoms with E-state index in [9.17, 15) is 4.79 Å². The van der Waals surface area contributed by atoms with Gasteiger partial charge in [-0.2, -0.15) is 0 Å². The number of carbonyl (C=O) groups excluding carboxylic acids is 1. The molecule has 5 rings (SSSR count). The van der Waals surface area contributed by atoms with E-state index in [0.29, 0.717) is 37.3 Å². The molecule has 4 heteroatoms. The van der Waals surface area contributed by atoms with Gasteiger partial charge in [-0.05, 0) is 30.4 Å². The van der Waals surface area contributed by atoms with Crippen molar-refractivity contribution in [1.29, 1.82) is 0 Å². The zero-order valence-electron chi connectivity index (χ0n) is 12.9. The summed E-state index contributed by atoms with van der Waals surface area (Å²) in [7, 11) is 0. The fourth-order valence-corrected chi connectivity index (χ4v) is 6.44. The Morgan fingerprint density at radius 1 is 1.04 bits per heavy atom. The average Bonchev–Trinajstić information content (AvgIpc) is 3.30. The van der Waals surface area contributed by atoms with E-state index >= 15 is 0 Å². The lowest BCUT2D eigenvalue weighted by molar-refractivity contribution is -0.221. The predicted octanol–water partition coefficient (Wildman–Crippen LogP) is 3.30. The molecule has 1 heterocycles. The topological polar surface area (TPSA) is 35.5 Å². The molecule has 1 spiro atoms. The first-order valence-corrected chi connectivity index (χ1v) is 9.36. The second-order valence-electron chi connectivity index (χ2n) is 7.01. The average molecular weight is 328 g/mol. The van der Waals surface area contributed by atoms with Crippen molar-refractivity contribution in [3.05, 3.63) is 42.5 Å². The number of thioether (sulfide) groups is 1. The van der Waals surface area contributed by atoms with E-state index in [4.69, 9.17) is 9.47 Å². The van der Waals surface area contributed by atoms with Crippen molar-refractivity contribution in [2.75, 3.05) is 13.2 Å². The molecular formula is C19H20O3S. The minimum absolute atomic E-state index is 0.0499. The Bertz CT molecular complexity index is 650. The number of fused-ring (bicyclic) bond motifs is 6.